The molecule has 2 unspecified atom stereocenters. The molecule has 2 aromatic rings. The van der Waals surface area contributed by atoms with Gasteiger partial charge >= 0.3 is 11.7 Å². The molecule has 0 saturated heterocycles. The number of amides is 1. The number of para-hydroxylation sites is 1. The highest BCUT2D eigenvalue weighted by Crippen LogP contribution is 2.40. The van der Waals surface area contributed by atoms with Crippen molar-refractivity contribution in [1.82, 2.24) is 4.90 Å². The van der Waals surface area contributed by atoms with E-state index in [-0.39, 0.29) is 12.2 Å². The highest BCUT2D eigenvalue weighted by molar-refractivity contribution is 6.18. The van der Waals surface area contributed by atoms with Gasteiger partial charge < -0.3 is 14.6 Å². The molecule has 0 bridgehead atoms. The van der Waals surface area contributed by atoms with Crippen LogP contribution < -0.4 is 4.74 Å². The average molecular weight is 383 g/mol. The van der Waals surface area contributed by atoms with Crippen LogP contribution in [0.15, 0.2) is 48.5 Å². The summed E-state index contributed by atoms with van der Waals surface area (Å²) in [5.74, 6) is -1.62. The number of carbonyl (C=O) groups is 3. The Balaban J connectivity index is 2.07. The van der Waals surface area contributed by atoms with E-state index in [2.05, 4.69) is 0 Å². The fraction of sp³-hybridized carbons (Fsp3) is 0.286. The van der Waals surface area contributed by atoms with Crippen LogP contribution in [-0.2, 0) is 14.3 Å². The van der Waals surface area contributed by atoms with Crippen molar-refractivity contribution < 1.29 is 29.0 Å². The number of hydrogen-bond donors (Lipinski definition) is 1. The predicted octanol–water partition coefficient (Wildman–Crippen LogP) is 2.84. The summed E-state index contributed by atoms with van der Waals surface area (Å²) >= 11 is 0. The Morgan fingerprint density at radius 3 is 2.43 bits per heavy atom. The number of esters is 1. The van der Waals surface area contributed by atoms with Crippen LogP contribution >= 0.6 is 0 Å². The van der Waals surface area contributed by atoms with Gasteiger partial charge in [0.2, 0.25) is 11.7 Å². The summed E-state index contributed by atoms with van der Waals surface area (Å²) in [6.07, 6.45) is 0. The molecule has 1 aliphatic rings. The normalized spacial score (nSPS) is 21.1. The highest BCUT2D eigenvalue weighted by atomic mass is 16.6. The lowest BCUT2D eigenvalue weighted by Crippen LogP contribution is -2.65. The predicted molar refractivity (Wildman–Crippen MR) is 99.8 cm³/mol. The Morgan fingerprint density at radius 1 is 1.14 bits per heavy atom. The molecule has 0 saturated carbocycles. The summed E-state index contributed by atoms with van der Waals surface area (Å²) in [4.78, 5) is 38.5. The molecule has 0 radical (unpaired) electrons. The monoisotopic (exact) mass is 383 g/mol. The lowest BCUT2D eigenvalue weighted by molar-refractivity contribution is -0.187. The Kier molecular flexibility index (Phi) is 5.20. The maximum atomic E-state index is 13.0. The highest BCUT2D eigenvalue weighted by Gasteiger charge is 2.58. The summed E-state index contributed by atoms with van der Waals surface area (Å²) < 4.78 is 10.7. The third kappa shape index (κ3) is 3.14. The SMILES string of the molecule is CCOC(=O)C1(O)C(=O)c2ccc(Oc3ccccc3)cc2C(C)N1C(C)=O. The van der Waals surface area contributed by atoms with Gasteiger partial charge in [0.05, 0.1) is 12.6 Å². The van der Waals surface area contributed by atoms with E-state index < -0.39 is 29.4 Å². The molecule has 1 N–H and O–H groups in total. The second-order valence-electron chi connectivity index (χ2n) is 6.45. The quantitative estimate of drug-likeness (QED) is 0.645. The summed E-state index contributed by atoms with van der Waals surface area (Å²) in [6.45, 7) is 4.33. The zero-order chi connectivity index (χ0) is 20.5. The van der Waals surface area contributed by atoms with Crippen LogP contribution in [0.25, 0.3) is 0 Å². The van der Waals surface area contributed by atoms with Gasteiger partial charge in [0.25, 0.3) is 0 Å². The Bertz CT molecular complexity index is 926. The minimum atomic E-state index is -2.70. The van der Waals surface area contributed by atoms with Gasteiger partial charge in [0, 0.05) is 12.5 Å². The molecule has 28 heavy (non-hydrogen) atoms. The van der Waals surface area contributed by atoms with Crippen LogP contribution in [0.3, 0.4) is 0 Å². The van der Waals surface area contributed by atoms with Crippen LogP contribution in [0.4, 0.5) is 0 Å². The van der Waals surface area contributed by atoms with Crippen molar-refractivity contribution in [3.8, 4) is 11.5 Å². The van der Waals surface area contributed by atoms with E-state index >= 15 is 0 Å². The van der Waals surface area contributed by atoms with Crippen molar-refractivity contribution in [3.63, 3.8) is 0 Å². The summed E-state index contributed by atoms with van der Waals surface area (Å²) in [5.41, 5.74) is -2.08. The number of benzene rings is 2. The average Bonchev–Trinajstić information content (AvgIpc) is 2.67. The smallest absolute Gasteiger partial charge is 0.368 e. The van der Waals surface area contributed by atoms with E-state index in [9.17, 15) is 19.5 Å². The molecule has 2 aromatic carbocycles. The molecule has 7 heteroatoms. The maximum absolute atomic E-state index is 13.0. The van der Waals surface area contributed by atoms with E-state index in [1.165, 1.54) is 13.0 Å². The Hall–Kier alpha value is -3.19. The first-order valence-corrected chi connectivity index (χ1v) is 8.91. The van der Waals surface area contributed by atoms with Crippen molar-refractivity contribution in [2.45, 2.75) is 32.5 Å². The second-order valence-corrected chi connectivity index (χ2v) is 6.45. The molecule has 1 aliphatic heterocycles. The number of rotatable bonds is 4. The van der Waals surface area contributed by atoms with Gasteiger partial charge in [-0.15, -0.1) is 0 Å². The minimum Gasteiger partial charge on any atom is -0.462 e. The lowest BCUT2D eigenvalue weighted by Gasteiger charge is -2.43. The molecule has 2 atom stereocenters. The number of ketones is 1. The van der Waals surface area contributed by atoms with Gasteiger partial charge in [-0.05, 0) is 49.7 Å². The molecule has 0 aromatic heterocycles. The summed E-state index contributed by atoms with van der Waals surface area (Å²) in [5, 5.41) is 10.9. The van der Waals surface area contributed by atoms with Gasteiger partial charge in [-0.25, -0.2) is 4.79 Å². The number of Topliss-reactive ketones (excluding diaryl/α,β-unsaturated/α-hetero) is 1. The van der Waals surface area contributed by atoms with Gasteiger partial charge in [0.15, 0.2) is 0 Å². The summed E-state index contributed by atoms with van der Waals surface area (Å²) in [7, 11) is 0. The zero-order valence-electron chi connectivity index (χ0n) is 15.8. The number of nitrogens with zero attached hydrogens (tertiary/aromatic N) is 1. The molecule has 7 nitrogen and oxygen atoms in total. The van der Waals surface area contributed by atoms with Gasteiger partial charge in [-0.3, -0.25) is 14.5 Å². The van der Waals surface area contributed by atoms with Crippen molar-refractivity contribution in [3.05, 3.63) is 59.7 Å². The minimum absolute atomic E-state index is 0.0364. The first-order valence-electron chi connectivity index (χ1n) is 8.91. The van der Waals surface area contributed by atoms with Gasteiger partial charge in [-0.2, -0.15) is 0 Å². The fourth-order valence-corrected chi connectivity index (χ4v) is 3.42. The molecule has 0 fully saturated rings. The van der Waals surface area contributed by atoms with E-state index in [0.29, 0.717) is 17.1 Å². The molecule has 1 amide bonds. The molecular weight excluding hydrogens is 362 g/mol. The third-order valence-corrected chi connectivity index (χ3v) is 4.65. The molecule has 0 spiro atoms. The number of aliphatic hydroxyl groups is 1. The van der Waals surface area contributed by atoms with Crippen molar-refractivity contribution in [1.29, 1.82) is 0 Å². The van der Waals surface area contributed by atoms with E-state index in [0.717, 1.165) is 4.90 Å². The van der Waals surface area contributed by atoms with Crippen molar-refractivity contribution in [2.75, 3.05) is 6.61 Å². The largest absolute Gasteiger partial charge is 0.462 e. The summed E-state index contributed by atoms with van der Waals surface area (Å²) in [6, 6.07) is 13.0. The topological polar surface area (TPSA) is 93.1 Å². The van der Waals surface area contributed by atoms with Gasteiger partial charge in [0.1, 0.15) is 11.5 Å². The number of carbonyl (C=O) groups excluding carboxylic acids is 3. The molecule has 3 rings (SSSR count). The van der Waals surface area contributed by atoms with E-state index in [1.54, 1.807) is 38.1 Å². The van der Waals surface area contributed by atoms with Crippen LogP contribution in [0.2, 0.25) is 0 Å². The maximum Gasteiger partial charge on any atom is 0.368 e. The van der Waals surface area contributed by atoms with E-state index in [1.807, 2.05) is 18.2 Å². The first kappa shape index (κ1) is 19.6. The standard InChI is InChI=1S/C21H21NO6/c1-4-27-20(25)21(26)19(24)17-11-10-16(28-15-8-6-5-7-9-15)12-18(17)13(2)22(21)14(3)23/h5-13,26H,4H2,1-3H3. The molecule has 1 heterocycles. The van der Waals surface area contributed by atoms with Crippen LogP contribution in [0.1, 0.15) is 42.7 Å². The second kappa shape index (κ2) is 7.44. The van der Waals surface area contributed by atoms with E-state index in [4.69, 9.17) is 9.47 Å². The number of fused-ring (bicyclic) bond motifs is 1. The van der Waals surface area contributed by atoms with Gasteiger partial charge in [-0.1, -0.05) is 18.2 Å². The Labute approximate surface area is 162 Å². The zero-order valence-corrected chi connectivity index (χ0v) is 15.8. The number of hydrogen-bond acceptors (Lipinski definition) is 6. The van der Waals surface area contributed by atoms with Crippen LogP contribution in [0, 0.1) is 0 Å². The fourth-order valence-electron chi connectivity index (χ4n) is 3.42. The molecule has 146 valence electrons. The van der Waals surface area contributed by atoms with Crippen molar-refractivity contribution >= 4 is 17.7 Å². The Morgan fingerprint density at radius 2 is 1.82 bits per heavy atom. The lowest BCUT2D eigenvalue weighted by atomic mass is 9.85. The number of ether oxygens (including phenoxy) is 2. The van der Waals surface area contributed by atoms with Crippen LogP contribution in [0.5, 0.6) is 11.5 Å². The third-order valence-electron chi connectivity index (χ3n) is 4.65. The molecule has 0 aliphatic carbocycles. The van der Waals surface area contributed by atoms with Crippen molar-refractivity contribution in [2.24, 2.45) is 0 Å². The van der Waals surface area contributed by atoms with Crippen LogP contribution in [-0.4, -0.2) is 40.0 Å². The molecular formula is C21H21NO6. The first-order chi connectivity index (χ1) is 13.3.